The van der Waals surface area contributed by atoms with Crippen LogP contribution in [0.4, 0.5) is 0 Å². The zero-order chi connectivity index (χ0) is 16.1. The van der Waals surface area contributed by atoms with Crippen molar-refractivity contribution in [1.82, 2.24) is 15.1 Å². The van der Waals surface area contributed by atoms with Crippen molar-refractivity contribution in [3.63, 3.8) is 0 Å². The molecule has 1 N–H and O–H groups in total. The Bertz CT molecular complexity index is 499. The fraction of sp³-hybridized carbons (Fsp3) is 0.778. The highest BCUT2D eigenvalue weighted by molar-refractivity contribution is 5.94. The van der Waals surface area contributed by atoms with Crippen LogP contribution in [0.25, 0.3) is 0 Å². The minimum absolute atomic E-state index is 0.0114. The first-order valence-electron chi connectivity index (χ1n) is 8.99. The van der Waals surface area contributed by atoms with Crippen LogP contribution < -0.4 is 5.32 Å². The van der Waals surface area contributed by atoms with Gasteiger partial charge in [-0.2, -0.15) is 5.10 Å². The first-order valence-corrected chi connectivity index (χ1v) is 8.99. The molecule has 22 heavy (non-hydrogen) atoms. The predicted molar refractivity (Wildman–Crippen MR) is 90.3 cm³/mol. The van der Waals surface area contributed by atoms with Crippen LogP contribution in [0.3, 0.4) is 0 Å². The molecule has 0 spiro atoms. The predicted octanol–water partition coefficient (Wildman–Crippen LogP) is 4.04. The molecule has 1 aromatic heterocycles. The van der Waals surface area contributed by atoms with Crippen LogP contribution in [0.15, 0.2) is 0 Å². The van der Waals surface area contributed by atoms with Gasteiger partial charge in [-0.1, -0.05) is 39.5 Å². The molecule has 0 unspecified atom stereocenters. The Labute approximate surface area is 134 Å². The van der Waals surface area contributed by atoms with Crippen LogP contribution in [0, 0.1) is 0 Å². The van der Waals surface area contributed by atoms with Crippen LogP contribution in [0.2, 0.25) is 0 Å². The second-order valence-electron chi connectivity index (χ2n) is 6.74. The molecule has 0 atom stereocenters. The van der Waals surface area contributed by atoms with Gasteiger partial charge in [0.2, 0.25) is 0 Å². The van der Waals surface area contributed by atoms with Crippen LogP contribution in [0.1, 0.15) is 94.0 Å². The SMILES string of the molecule is CCCc1c(C(=O)NC(C)C)nn(C2CCCCC2)c1CC. The summed E-state index contributed by atoms with van der Waals surface area (Å²) in [5, 5.41) is 7.79. The summed E-state index contributed by atoms with van der Waals surface area (Å²) in [4.78, 5) is 12.5. The maximum atomic E-state index is 12.5. The van der Waals surface area contributed by atoms with Crippen molar-refractivity contribution in [3.8, 4) is 0 Å². The van der Waals surface area contributed by atoms with Crippen LogP contribution >= 0.6 is 0 Å². The molecule has 0 aromatic carbocycles. The lowest BCUT2D eigenvalue weighted by atomic mass is 9.95. The van der Waals surface area contributed by atoms with Gasteiger partial charge in [-0.15, -0.1) is 0 Å². The second-order valence-corrected chi connectivity index (χ2v) is 6.74. The van der Waals surface area contributed by atoms with E-state index in [1.54, 1.807) is 0 Å². The maximum absolute atomic E-state index is 12.5. The summed E-state index contributed by atoms with van der Waals surface area (Å²) in [5.74, 6) is -0.0114. The van der Waals surface area contributed by atoms with Gasteiger partial charge in [0.1, 0.15) is 0 Å². The second kappa shape index (κ2) is 7.80. The molecule has 1 amide bonds. The van der Waals surface area contributed by atoms with Gasteiger partial charge in [0.15, 0.2) is 5.69 Å². The molecule has 1 heterocycles. The average Bonchev–Trinajstić information content (AvgIpc) is 2.86. The molecule has 124 valence electrons. The van der Waals surface area contributed by atoms with E-state index in [1.807, 2.05) is 13.8 Å². The molecule has 1 saturated carbocycles. The third-order valence-electron chi connectivity index (χ3n) is 4.51. The van der Waals surface area contributed by atoms with Gasteiger partial charge in [-0.05, 0) is 39.5 Å². The van der Waals surface area contributed by atoms with E-state index in [2.05, 4.69) is 23.8 Å². The highest BCUT2D eigenvalue weighted by atomic mass is 16.2. The molecule has 0 bridgehead atoms. The quantitative estimate of drug-likeness (QED) is 0.862. The van der Waals surface area contributed by atoms with E-state index in [0.29, 0.717) is 11.7 Å². The summed E-state index contributed by atoms with van der Waals surface area (Å²) < 4.78 is 2.19. The highest BCUT2D eigenvalue weighted by Gasteiger charge is 2.26. The molecule has 0 aliphatic heterocycles. The van der Waals surface area contributed by atoms with Gasteiger partial charge in [-0.25, -0.2) is 0 Å². The molecule has 1 aliphatic rings. The summed E-state index contributed by atoms with van der Waals surface area (Å²) in [6.07, 6.45) is 9.24. The van der Waals surface area contributed by atoms with E-state index in [9.17, 15) is 4.79 Å². The monoisotopic (exact) mass is 305 g/mol. The Balaban J connectivity index is 2.38. The Kier molecular flexibility index (Phi) is 6.04. The van der Waals surface area contributed by atoms with E-state index in [4.69, 9.17) is 5.10 Å². The number of hydrogen-bond donors (Lipinski definition) is 1. The maximum Gasteiger partial charge on any atom is 0.272 e. The minimum atomic E-state index is -0.0114. The summed E-state index contributed by atoms with van der Waals surface area (Å²) in [5.41, 5.74) is 3.12. The number of carbonyl (C=O) groups excluding carboxylic acids is 1. The van der Waals surface area contributed by atoms with Crippen molar-refractivity contribution in [2.75, 3.05) is 0 Å². The largest absolute Gasteiger partial charge is 0.348 e. The standard InChI is InChI=1S/C18H31N3O/c1-5-10-15-16(6-2)21(14-11-8-7-9-12-14)20-17(15)18(22)19-13(3)4/h13-14H,5-12H2,1-4H3,(H,19,22). The number of amides is 1. The Morgan fingerprint density at radius 2 is 1.95 bits per heavy atom. The Hall–Kier alpha value is -1.32. The lowest BCUT2D eigenvalue weighted by Crippen LogP contribution is -2.31. The number of carbonyl (C=O) groups is 1. The van der Waals surface area contributed by atoms with Gasteiger partial charge < -0.3 is 5.32 Å². The Morgan fingerprint density at radius 3 is 2.50 bits per heavy atom. The minimum Gasteiger partial charge on any atom is -0.348 e. The van der Waals surface area contributed by atoms with Crippen LogP contribution in [0.5, 0.6) is 0 Å². The molecule has 1 aromatic rings. The Morgan fingerprint density at radius 1 is 1.27 bits per heavy atom. The number of rotatable bonds is 6. The van der Waals surface area contributed by atoms with Gasteiger partial charge in [0.05, 0.1) is 6.04 Å². The first-order chi connectivity index (χ1) is 10.6. The molecule has 4 nitrogen and oxygen atoms in total. The van der Waals surface area contributed by atoms with Crippen molar-refractivity contribution in [3.05, 3.63) is 17.0 Å². The molecule has 1 aliphatic carbocycles. The number of hydrogen-bond acceptors (Lipinski definition) is 2. The van der Waals surface area contributed by atoms with Crippen LogP contribution in [-0.4, -0.2) is 21.7 Å². The molecular weight excluding hydrogens is 274 g/mol. The molecule has 2 rings (SSSR count). The summed E-state index contributed by atoms with van der Waals surface area (Å²) in [6.45, 7) is 8.34. The van der Waals surface area contributed by atoms with Gasteiger partial charge in [0.25, 0.3) is 5.91 Å². The van der Waals surface area contributed by atoms with E-state index in [1.165, 1.54) is 43.4 Å². The van der Waals surface area contributed by atoms with E-state index >= 15 is 0 Å². The molecular formula is C18H31N3O. The number of nitrogens with one attached hydrogen (secondary N) is 1. The lowest BCUT2D eigenvalue weighted by Gasteiger charge is -2.24. The van der Waals surface area contributed by atoms with E-state index < -0.39 is 0 Å². The molecule has 0 saturated heterocycles. The molecule has 4 heteroatoms. The third kappa shape index (κ3) is 3.71. The smallest absolute Gasteiger partial charge is 0.272 e. The van der Waals surface area contributed by atoms with Crippen molar-refractivity contribution < 1.29 is 4.79 Å². The fourth-order valence-corrected chi connectivity index (χ4v) is 3.53. The van der Waals surface area contributed by atoms with Crippen molar-refractivity contribution >= 4 is 5.91 Å². The van der Waals surface area contributed by atoms with Crippen molar-refractivity contribution in [2.45, 2.75) is 91.1 Å². The van der Waals surface area contributed by atoms with Gasteiger partial charge in [-0.3, -0.25) is 9.48 Å². The topological polar surface area (TPSA) is 46.9 Å². The number of nitrogens with zero attached hydrogens (tertiary/aromatic N) is 2. The zero-order valence-electron chi connectivity index (χ0n) is 14.6. The first kappa shape index (κ1) is 17.0. The van der Waals surface area contributed by atoms with Crippen molar-refractivity contribution in [1.29, 1.82) is 0 Å². The molecule has 1 fully saturated rings. The summed E-state index contributed by atoms with van der Waals surface area (Å²) in [7, 11) is 0. The van der Waals surface area contributed by atoms with Crippen LogP contribution in [-0.2, 0) is 12.8 Å². The summed E-state index contributed by atoms with van der Waals surface area (Å²) in [6, 6.07) is 0.631. The average molecular weight is 305 g/mol. The highest BCUT2D eigenvalue weighted by Crippen LogP contribution is 2.31. The third-order valence-corrected chi connectivity index (χ3v) is 4.51. The fourth-order valence-electron chi connectivity index (χ4n) is 3.53. The lowest BCUT2D eigenvalue weighted by molar-refractivity contribution is 0.0935. The zero-order valence-corrected chi connectivity index (χ0v) is 14.6. The normalized spacial score (nSPS) is 16.2. The van der Waals surface area contributed by atoms with Crippen molar-refractivity contribution in [2.24, 2.45) is 0 Å². The van der Waals surface area contributed by atoms with E-state index in [0.717, 1.165) is 19.3 Å². The molecule has 0 radical (unpaired) electrons. The van der Waals surface area contributed by atoms with Gasteiger partial charge in [0, 0.05) is 17.3 Å². The van der Waals surface area contributed by atoms with Gasteiger partial charge >= 0.3 is 0 Å². The number of aromatic nitrogens is 2. The summed E-state index contributed by atoms with van der Waals surface area (Å²) >= 11 is 0. The van der Waals surface area contributed by atoms with E-state index in [-0.39, 0.29) is 11.9 Å².